The number of thiophene rings is 1. The summed E-state index contributed by atoms with van der Waals surface area (Å²) in [5, 5.41) is 6.40. The highest BCUT2D eigenvalue weighted by atomic mass is 32.1. The van der Waals surface area contributed by atoms with Gasteiger partial charge in [0.15, 0.2) is 5.82 Å². The predicted octanol–water partition coefficient (Wildman–Crippen LogP) is 2.40. The Balaban J connectivity index is 2.00. The minimum atomic E-state index is -0.322. The van der Waals surface area contributed by atoms with Crippen LogP contribution in [-0.4, -0.2) is 19.7 Å². The van der Waals surface area contributed by atoms with Gasteiger partial charge in [-0.05, 0) is 24.8 Å². The van der Waals surface area contributed by atoms with Crippen molar-refractivity contribution < 1.29 is 4.52 Å². The molecule has 20 heavy (non-hydrogen) atoms. The number of aromatic nitrogens is 4. The molecule has 0 fully saturated rings. The van der Waals surface area contributed by atoms with Crippen molar-refractivity contribution in [1.29, 1.82) is 0 Å². The van der Waals surface area contributed by atoms with Crippen LogP contribution in [0.3, 0.4) is 0 Å². The fraction of sp³-hybridized carbons (Fsp3) is 0.385. The maximum Gasteiger partial charge on any atom is 0.262 e. The molecule has 0 aliphatic rings. The number of hydrogen-bond donors (Lipinski definition) is 0. The first kappa shape index (κ1) is 13.0. The van der Waals surface area contributed by atoms with Crippen molar-refractivity contribution >= 4 is 21.6 Å². The quantitative estimate of drug-likeness (QED) is 0.737. The van der Waals surface area contributed by atoms with Crippen LogP contribution in [0.5, 0.6) is 0 Å². The molecule has 0 radical (unpaired) electrons. The van der Waals surface area contributed by atoms with E-state index in [4.69, 9.17) is 4.52 Å². The summed E-state index contributed by atoms with van der Waals surface area (Å²) in [6.45, 7) is 3.91. The molecule has 0 unspecified atom stereocenters. The number of nitrogens with zero attached hydrogens (tertiary/aromatic N) is 4. The minimum absolute atomic E-state index is 0.0843. The Morgan fingerprint density at radius 1 is 1.50 bits per heavy atom. The second kappa shape index (κ2) is 5.16. The van der Waals surface area contributed by atoms with E-state index in [9.17, 15) is 4.79 Å². The second-order valence-electron chi connectivity index (χ2n) is 4.57. The number of hydrogen-bond acceptors (Lipinski definition) is 6. The molecule has 3 aromatic rings. The molecule has 0 spiro atoms. The molecule has 104 valence electrons. The Morgan fingerprint density at radius 3 is 3.15 bits per heavy atom. The molecule has 0 saturated carbocycles. The summed E-state index contributed by atoms with van der Waals surface area (Å²) >= 11 is 1.45. The average molecular weight is 290 g/mol. The van der Waals surface area contributed by atoms with Crippen molar-refractivity contribution in [2.75, 3.05) is 0 Å². The maximum atomic E-state index is 12.4. The van der Waals surface area contributed by atoms with Crippen LogP contribution in [0.2, 0.25) is 0 Å². The topological polar surface area (TPSA) is 73.8 Å². The van der Waals surface area contributed by atoms with Gasteiger partial charge in [-0.25, -0.2) is 4.98 Å². The number of rotatable bonds is 4. The molecule has 0 aliphatic heterocycles. The van der Waals surface area contributed by atoms with Crippen LogP contribution in [0, 0.1) is 0 Å². The second-order valence-corrected chi connectivity index (χ2v) is 5.47. The fourth-order valence-corrected chi connectivity index (χ4v) is 2.75. The summed E-state index contributed by atoms with van der Waals surface area (Å²) in [5.74, 6) is 1.11. The molecule has 0 N–H and O–H groups in total. The molecule has 3 heterocycles. The number of aryl methyl sites for hydroxylation is 1. The van der Waals surface area contributed by atoms with Crippen LogP contribution >= 0.6 is 11.3 Å². The Labute approximate surface area is 119 Å². The largest absolute Gasteiger partial charge is 0.337 e. The lowest BCUT2D eigenvalue weighted by atomic mass is 10.3. The normalized spacial score (nSPS) is 12.9. The third-order valence-electron chi connectivity index (χ3n) is 3.14. The zero-order valence-electron chi connectivity index (χ0n) is 11.2. The Hall–Kier alpha value is -2.02. The molecule has 0 amide bonds. The standard InChI is InChI=1S/C13H14N4O2S/c1-3-4-10-15-11(19-16-10)8(2)17-7-14-12-9(13(17)18)5-6-20-12/h5-8H,3-4H2,1-2H3/t8-/m0/s1. The van der Waals surface area contributed by atoms with E-state index in [1.807, 2.05) is 12.3 Å². The Bertz CT molecular complexity index is 789. The highest BCUT2D eigenvalue weighted by molar-refractivity contribution is 7.16. The highest BCUT2D eigenvalue weighted by Gasteiger charge is 2.18. The van der Waals surface area contributed by atoms with Gasteiger partial charge in [0.25, 0.3) is 5.56 Å². The Morgan fingerprint density at radius 2 is 2.35 bits per heavy atom. The molecule has 0 aliphatic carbocycles. The van der Waals surface area contributed by atoms with E-state index in [-0.39, 0.29) is 11.6 Å². The molecular weight excluding hydrogens is 276 g/mol. The first-order chi connectivity index (χ1) is 9.70. The van der Waals surface area contributed by atoms with Crippen molar-refractivity contribution in [3.8, 4) is 0 Å². The summed E-state index contributed by atoms with van der Waals surface area (Å²) in [7, 11) is 0. The van der Waals surface area contributed by atoms with E-state index in [0.717, 1.165) is 17.7 Å². The first-order valence-corrected chi connectivity index (χ1v) is 7.35. The van der Waals surface area contributed by atoms with Crippen LogP contribution in [0.4, 0.5) is 0 Å². The smallest absolute Gasteiger partial charge is 0.262 e. The van der Waals surface area contributed by atoms with Gasteiger partial charge in [-0.3, -0.25) is 9.36 Å². The minimum Gasteiger partial charge on any atom is -0.337 e. The van der Waals surface area contributed by atoms with Gasteiger partial charge in [0.2, 0.25) is 5.89 Å². The van der Waals surface area contributed by atoms with Crippen LogP contribution < -0.4 is 5.56 Å². The third-order valence-corrected chi connectivity index (χ3v) is 3.96. The number of fused-ring (bicyclic) bond motifs is 1. The summed E-state index contributed by atoms with van der Waals surface area (Å²) in [6, 6.07) is 1.46. The van der Waals surface area contributed by atoms with E-state index in [1.165, 1.54) is 22.2 Å². The van der Waals surface area contributed by atoms with E-state index in [2.05, 4.69) is 22.0 Å². The van der Waals surface area contributed by atoms with Gasteiger partial charge in [-0.1, -0.05) is 12.1 Å². The zero-order valence-corrected chi connectivity index (χ0v) is 12.1. The monoisotopic (exact) mass is 290 g/mol. The Kier molecular flexibility index (Phi) is 3.35. The van der Waals surface area contributed by atoms with Crippen molar-refractivity contribution in [1.82, 2.24) is 19.7 Å². The van der Waals surface area contributed by atoms with Crippen LogP contribution in [0.25, 0.3) is 10.2 Å². The van der Waals surface area contributed by atoms with Crippen molar-refractivity contribution in [3.05, 3.63) is 39.8 Å². The van der Waals surface area contributed by atoms with Crippen molar-refractivity contribution in [3.63, 3.8) is 0 Å². The lowest BCUT2D eigenvalue weighted by molar-refractivity contribution is 0.339. The van der Waals surface area contributed by atoms with E-state index < -0.39 is 0 Å². The van der Waals surface area contributed by atoms with Crippen molar-refractivity contribution in [2.45, 2.75) is 32.7 Å². The molecule has 3 aromatic heterocycles. The van der Waals surface area contributed by atoms with Gasteiger partial charge in [-0.15, -0.1) is 11.3 Å². The van der Waals surface area contributed by atoms with E-state index in [1.54, 1.807) is 6.07 Å². The zero-order chi connectivity index (χ0) is 14.1. The lowest BCUT2D eigenvalue weighted by Gasteiger charge is -2.09. The van der Waals surface area contributed by atoms with E-state index >= 15 is 0 Å². The summed E-state index contributed by atoms with van der Waals surface area (Å²) < 4.78 is 6.76. The maximum absolute atomic E-state index is 12.4. The first-order valence-electron chi connectivity index (χ1n) is 6.47. The molecular formula is C13H14N4O2S. The molecule has 0 bridgehead atoms. The summed E-state index contributed by atoms with van der Waals surface area (Å²) in [4.78, 5) is 21.7. The van der Waals surface area contributed by atoms with Crippen LogP contribution in [-0.2, 0) is 6.42 Å². The molecule has 6 nitrogen and oxygen atoms in total. The molecule has 0 saturated heterocycles. The van der Waals surface area contributed by atoms with Crippen LogP contribution in [0.1, 0.15) is 38.0 Å². The summed E-state index contributed by atoms with van der Waals surface area (Å²) in [5.41, 5.74) is -0.0843. The molecule has 7 heteroatoms. The van der Waals surface area contributed by atoms with Crippen LogP contribution in [0.15, 0.2) is 27.1 Å². The molecule has 3 rings (SSSR count). The molecule has 1 atom stereocenters. The van der Waals surface area contributed by atoms with Gasteiger partial charge in [-0.2, -0.15) is 4.98 Å². The highest BCUT2D eigenvalue weighted by Crippen LogP contribution is 2.18. The fourth-order valence-electron chi connectivity index (χ4n) is 2.03. The van der Waals surface area contributed by atoms with Gasteiger partial charge < -0.3 is 4.52 Å². The SMILES string of the molecule is CCCc1noc([C@H](C)n2cnc3sccc3c2=O)n1. The average Bonchev–Trinajstić information content (AvgIpc) is 3.08. The third kappa shape index (κ3) is 2.14. The van der Waals surface area contributed by atoms with Gasteiger partial charge >= 0.3 is 0 Å². The van der Waals surface area contributed by atoms with Gasteiger partial charge in [0.1, 0.15) is 10.9 Å². The summed E-state index contributed by atoms with van der Waals surface area (Å²) in [6.07, 6.45) is 3.26. The van der Waals surface area contributed by atoms with Gasteiger partial charge in [0, 0.05) is 6.42 Å². The van der Waals surface area contributed by atoms with E-state index in [0.29, 0.717) is 17.1 Å². The predicted molar refractivity (Wildman–Crippen MR) is 76.0 cm³/mol. The molecule has 0 aromatic carbocycles. The van der Waals surface area contributed by atoms with Crippen molar-refractivity contribution in [2.24, 2.45) is 0 Å². The lowest BCUT2D eigenvalue weighted by Crippen LogP contribution is -2.24. The van der Waals surface area contributed by atoms with Gasteiger partial charge in [0.05, 0.1) is 11.7 Å².